The molecule has 0 radical (unpaired) electrons. The van der Waals surface area contributed by atoms with Gasteiger partial charge in [0.1, 0.15) is 5.75 Å². The van der Waals surface area contributed by atoms with Crippen LogP contribution in [0.2, 0.25) is 0 Å². The Hall–Kier alpha value is -1.59. The summed E-state index contributed by atoms with van der Waals surface area (Å²) in [7, 11) is 0. The number of piperidine rings is 1. The predicted molar refractivity (Wildman–Crippen MR) is 100 cm³/mol. The molecule has 26 heavy (non-hydrogen) atoms. The summed E-state index contributed by atoms with van der Waals surface area (Å²) in [6.07, 6.45) is 5.70. The van der Waals surface area contributed by atoms with Gasteiger partial charge in [0.15, 0.2) is 6.61 Å². The Morgan fingerprint density at radius 3 is 2.46 bits per heavy atom. The molecule has 1 amide bonds. The summed E-state index contributed by atoms with van der Waals surface area (Å²) in [5.74, 6) is 2.63. The molecule has 4 rings (SSSR count). The number of amides is 1. The summed E-state index contributed by atoms with van der Waals surface area (Å²) >= 11 is 0. The minimum Gasteiger partial charge on any atom is -0.484 e. The first kappa shape index (κ1) is 17.8. The molecule has 3 aliphatic rings. The quantitative estimate of drug-likeness (QED) is 0.811. The van der Waals surface area contributed by atoms with Crippen molar-refractivity contribution >= 4 is 5.91 Å². The van der Waals surface area contributed by atoms with Gasteiger partial charge in [0.25, 0.3) is 5.91 Å². The van der Waals surface area contributed by atoms with Crippen molar-refractivity contribution in [1.29, 1.82) is 0 Å². The van der Waals surface area contributed by atoms with Crippen molar-refractivity contribution in [1.82, 2.24) is 9.80 Å². The van der Waals surface area contributed by atoms with E-state index >= 15 is 0 Å². The van der Waals surface area contributed by atoms with Crippen LogP contribution in [0.4, 0.5) is 0 Å². The fourth-order valence-electron chi connectivity index (χ4n) is 4.67. The monoisotopic (exact) mass is 358 g/mol. The van der Waals surface area contributed by atoms with Gasteiger partial charge in [-0.25, -0.2) is 0 Å². The highest BCUT2D eigenvalue weighted by atomic mass is 16.5. The Kier molecular flexibility index (Phi) is 5.75. The Morgan fingerprint density at radius 1 is 1.08 bits per heavy atom. The Balaban J connectivity index is 1.25. The van der Waals surface area contributed by atoms with E-state index in [1.807, 2.05) is 17.0 Å². The van der Waals surface area contributed by atoms with Crippen LogP contribution in [-0.2, 0) is 16.1 Å². The lowest BCUT2D eigenvalue weighted by Crippen LogP contribution is -2.43. The maximum absolute atomic E-state index is 12.1. The third-order valence-electron chi connectivity index (χ3n) is 5.98. The second-order valence-electron chi connectivity index (χ2n) is 8.02. The predicted octanol–water partition coefficient (Wildman–Crippen LogP) is 2.55. The van der Waals surface area contributed by atoms with Gasteiger partial charge in [0.2, 0.25) is 0 Å². The molecule has 2 bridgehead atoms. The van der Waals surface area contributed by atoms with E-state index in [1.54, 1.807) is 0 Å². The van der Waals surface area contributed by atoms with Gasteiger partial charge < -0.3 is 14.4 Å². The Morgan fingerprint density at radius 2 is 1.77 bits per heavy atom. The van der Waals surface area contributed by atoms with Gasteiger partial charge in [-0.2, -0.15) is 0 Å². The summed E-state index contributed by atoms with van der Waals surface area (Å²) in [5, 5.41) is 0. The van der Waals surface area contributed by atoms with E-state index in [1.165, 1.54) is 44.3 Å². The molecule has 2 atom stereocenters. The second kappa shape index (κ2) is 8.40. The minimum absolute atomic E-state index is 0.0391. The van der Waals surface area contributed by atoms with Crippen LogP contribution in [0.5, 0.6) is 5.75 Å². The van der Waals surface area contributed by atoms with Gasteiger partial charge in [0.05, 0.1) is 13.2 Å². The molecule has 2 heterocycles. The molecule has 5 heteroatoms. The highest BCUT2D eigenvalue weighted by Gasteiger charge is 2.30. The van der Waals surface area contributed by atoms with E-state index in [0.717, 1.165) is 24.1 Å². The van der Waals surface area contributed by atoms with Gasteiger partial charge >= 0.3 is 0 Å². The summed E-state index contributed by atoms with van der Waals surface area (Å²) in [4.78, 5) is 16.6. The summed E-state index contributed by atoms with van der Waals surface area (Å²) in [6, 6.07) is 8.26. The number of hydrogen-bond acceptors (Lipinski definition) is 4. The van der Waals surface area contributed by atoms with Crippen LogP contribution in [0.15, 0.2) is 24.3 Å². The van der Waals surface area contributed by atoms with E-state index in [4.69, 9.17) is 9.47 Å². The van der Waals surface area contributed by atoms with Crippen LogP contribution in [0, 0.1) is 11.8 Å². The molecule has 5 nitrogen and oxygen atoms in total. The van der Waals surface area contributed by atoms with Gasteiger partial charge in [-0.05, 0) is 48.8 Å². The number of benzene rings is 1. The smallest absolute Gasteiger partial charge is 0.260 e. The lowest BCUT2D eigenvalue weighted by molar-refractivity contribution is -0.137. The van der Waals surface area contributed by atoms with Crippen LogP contribution in [0.3, 0.4) is 0 Å². The van der Waals surface area contributed by atoms with Crippen LogP contribution in [0.1, 0.15) is 31.2 Å². The zero-order valence-electron chi connectivity index (χ0n) is 15.6. The average Bonchev–Trinajstić information content (AvgIpc) is 2.68. The number of hydrogen-bond donors (Lipinski definition) is 0. The third kappa shape index (κ3) is 4.57. The molecular weight excluding hydrogens is 328 g/mol. The van der Waals surface area contributed by atoms with Crippen molar-refractivity contribution < 1.29 is 14.3 Å². The third-order valence-corrected chi connectivity index (χ3v) is 5.98. The SMILES string of the molecule is O=C(COc1ccc(CN2C[C@@H]3CCC[C@H](C3)C2)cc1)N1CCOCC1. The molecule has 0 N–H and O–H groups in total. The van der Waals surface area contributed by atoms with Crippen molar-refractivity contribution in [3.05, 3.63) is 29.8 Å². The number of ether oxygens (including phenoxy) is 2. The minimum atomic E-state index is 0.0391. The molecule has 1 aliphatic carbocycles. The molecule has 0 spiro atoms. The summed E-state index contributed by atoms with van der Waals surface area (Å²) in [5.41, 5.74) is 1.33. The van der Waals surface area contributed by atoms with Gasteiger partial charge in [-0.3, -0.25) is 9.69 Å². The fourth-order valence-corrected chi connectivity index (χ4v) is 4.67. The van der Waals surface area contributed by atoms with E-state index in [2.05, 4.69) is 17.0 Å². The molecule has 3 fully saturated rings. The van der Waals surface area contributed by atoms with Crippen LogP contribution < -0.4 is 4.74 Å². The van der Waals surface area contributed by atoms with E-state index in [0.29, 0.717) is 26.3 Å². The van der Waals surface area contributed by atoms with E-state index < -0.39 is 0 Å². The molecule has 1 saturated carbocycles. The van der Waals surface area contributed by atoms with Gasteiger partial charge in [-0.15, -0.1) is 0 Å². The van der Waals surface area contributed by atoms with Crippen LogP contribution >= 0.6 is 0 Å². The van der Waals surface area contributed by atoms with Crippen molar-refractivity contribution in [2.45, 2.75) is 32.2 Å². The number of likely N-dealkylation sites (tertiary alicyclic amines) is 1. The first-order chi connectivity index (χ1) is 12.8. The zero-order valence-corrected chi connectivity index (χ0v) is 15.6. The maximum Gasteiger partial charge on any atom is 0.260 e. The molecule has 2 aliphatic heterocycles. The standard InChI is InChI=1S/C21H30N2O3/c24-21(23-8-10-25-11-9-23)16-26-20-6-4-17(5-7-20)13-22-14-18-2-1-3-19(12-18)15-22/h4-7,18-19H,1-3,8-16H2/t18-,19-/m1/s1. The Labute approximate surface area is 156 Å². The topological polar surface area (TPSA) is 42.0 Å². The normalized spacial score (nSPS) is 26.5. The Bertz CT molecular complexity index is 586. The lowest BCUT2D eigenvalue weighted by atomic mass is 9.78. The average molecular weight is 358 g/mol. The van der Waals surface area contributed by atoms with Crippen molar-refractivity contribution in [3.63, 3.8) is 0 Å². The lowest BCUT2D eigenvalue weighted by Gasteiger charge is -2.41. The molecule has 1 aromatic rings. The number of fused-ring (bicyclic) bond motifs is 2. The van der Waals surface area contributed by atoms with Crippen LogP contribution in [-0.4, -0.2) is 61.7 Å². The van der Waals surface area contributed by atoms with E-state index in [9.17, 15) is 4.79 Å². The highest BCUT2D eigenvalue weighted by molar-refractivity contribution is 5.77. The number of nitrogens with zero attached hydrogens (tertiary/aromatic N) is 2. The molecule has 0 aromatic heterocycles. The van der Waals surface area contributed by atoms with Crippen molar-refractivity contribution in [2.75, 3.05) is 46.0 Å². The first-order valence-corrected chi connectivity index (χ1v) is 10.1. The maximum atomic E-state index is 12.1. The number of morpholine rings is 1. The zero-order chi connectivity index (χ0) is 17.8. The molecule has 1 aromatic carbocycles. The highest BCUT2D eigenvalue weighted by Crippen LogP contribution is 2.34. The number of rotatable bonds is 5. The van der Waals surface area contributed by atoms with Gasteiger partial charge in [-0.1, -0.05) is 18.6 Å². The molecule has 2 saturated heterocycles. The molecular formula is C21H30N2O3. The fraction of sp³-hybridized carbons (Fsp3) is 0.667. The van der Waals surface area contributed by atoms with Crippen molar-refractivity contribution in [2.24, 2.45) is 11.8 Å². The van der Waals surface area contributed by atoms with E-state index in [-0.39, 0.29) is 12.5 Å². The number of carbonyl (C=O) groups is 1. The van der Waals surface area contributed by atoms with Gasteiger partial charge in [0, 0.05) is 32.7 Å². The van der Waals surface area contributed by atoms with Crippen LogP contribution in [0.25, 0.3) is 0 Å². The summed E-state index contributed by atoms with van der Waals surface area (Å²) in [6.45, 7) is 6.22. The molecule has 142 valence electrons. The second-order valence-corrected chi connectivity index (χ2v) is 8.02. The molecule has 0 unspecified atom stereocenters. The number of carbonyl (C=O) groups excluding carboxylic acids is 1. The largest absolute Gasteiger partial charge is 0.484 e. The summed E-state index contributed by atoms with van der Waals surface area (Å²) < 4.78 is 11.0. The first-order valence-electron chi connectivity index (χ1n) is 10.1. The van der Waals surface area contributed by atoms with Crippen molar-refractivity contribution in [3.8, 4) is 5.75 Å².